The molecule has 31 heavy (non-hydrogen) atoms. The van der Waals surface area contributed by atoms with Crippen molar-refractivity contribution >= 4 is 38.3 Å². The molecule has 1 saturated carbocycles. The second-order valence-electron chi connectivity index (χ2n) is 7.29. The van der Waals surface area contributed by atoms with Crippen LogP contribution in [0.25, 0.3) is 10.1 Å². The van der Waals surface area contributed by atoms with Crippen LogP contribution in [0, 0.1) is 16.0 Å². The van der Waals surface area contributed by atoms with Crippen molar-refractivity contribution in [3.8, 4) is 0 Å². The van der Waals surface area contributed by atoms with E-state index >= 15 is 0 Å². The number of ether oxygens (including phenoxy) is 1. The minimum absolute atomic E-state index is 0.110. The average molecular weight is 441 g/mol. The van der Waals surface area contributed by atoms with E-state index in [0.717, 1.165) is 26.2 Å². The number of carbonyl (C=O) groups excluding carboxylic acids is 2. The standard InChI is InChI=1S/C21H19N3O6S/c25-19(23-20-10-15-5-6-22-11-18(15)31-20)7-13-1-3-14(4-2-13)12-29-21(26)16-8-17(9-16)30-24(27)28/h1-6,10-11,16-17H,7-9,12H2,(H,23,25). The lowest BCUT2D eigenvalue weighted by Gasteiger charge is -2.31. The van der Waals surface area contributed by atoms with Crippen molar-refractivity contribution in [2.75, 3.05) is 5.32 Å². The molecule has 9 nitrogen and oxygen atoms in total. The van der Waals surface area contributed by atoms with Crippen LogP contribution in [0.2, 0.25) is 0 Å². The van der Waals surface area contributed by atoms with E-state index in [0.29, 0.717) is 12.8 Å². The topological polar surface area (TPSA) is 121 Å². The molecule has 3 aromatic rings. The van der Waals surface area contributed by atoms with Gasteiger partial charge in [-0.1, -0.05) is 24.3 Å². The van der Waals surface area contributed by atoms with Gasteiger partial charge < -0.3 is 14.9 Å². The first-order valence-corrected chi connectivity index (χ1v) is 10.5. The molecule has 0 aliphatic heterocycles. The van der Waals surface area contributed by atoms with Gasteiger partial charge in [0.25, 0.3) is 5.09 Å². The highest BCUT2D eigenvalue weighted by molar-refractivity contribution is 7.22. The summed E-state index contributed by atoms with van der Waals surface area (Å²) >= 11 is 1.48. The zero-order valence-corrected chi connectivity index (χ0v) is 17.2. The summed E-state index contributed by atoms with van der Waals surface area (Å²) in [5, 5.41) is 14.1. The van der Waals surface area contributed by atoms with E-state index in [2.05, 4.69) is 15.1 Å². The Morgan fingerprint density at radius 2 is 1.94 bits per heavy atom. The Balaban J connectivity index is 1.22. The predicted octanol–water partition coefficient (Wildman–Crippen LogP) is 3.51. The van der Waals surface area contributed by atoms with Crippen LogP contribution in [0.3, 0.4) is 0 Å². The minimum atomic E-state index is -0.839. The molecule has 10 heteroatoms. The van der Waals surface area contributed by atoms with Gasteiger partial charge in [-0.05, 0) is 41.5 Å². The number of aromatic nitrogens is 1. The van der Waals surface area contributed by atoms with Crippen molar-refractivity contribution in [2.45, 2.75) is 32.0 Å². The molecule has 2 heterocycles. The molecule has 1 amide bonds. The Bertz CT molecular complexity index is 1070. The van der Waals surface area contributed by atoms with Crippen LogP contribution in [0.5, 0.6) is 0 Å². The van der Waals surface area contributed by atoms with Gasteiger partial charge in [-0.2, -0.15) is 0 Å². The van der Waals surface area contributed by atoms with Crippen molar-refractivity contribution in [2.24, 2.45) is 5.92 Å². The van der Waals surface area contributed by atoms with Crippen LogP contribution >= 0.6 is 11.3 Å². The van der Waals surface area contributed by atoms with Crippen molar-refractivity contribution < 1.29 is 24.3 Å². The largest absolute Gasteiger partial charge is 0.461 e. The molecule has 1 N–H and O–H groups in total. The summed E-state index contributed by atoms with van der Waals surface area (Å²) in [4.78, 5) is 43.0. The second-order valence-corrected chi connectivity index (χ2v) is 8.38. The number of pyridine rings is 1. The highest BCUT2D eigenvalue weighted by atomic mass is 32.1. The lowest BCUT2D eigenvalue weighted by Crippen LogP contribution is -2.38. The average Bonchev–Trinajstić information content (AvgIpc) is 3.11. The fraction of sp³-hybridized carbons (Fsp3) is 0.286. The maximum absolute atomic E-state index is 12.3. The number of esters is 1. The van der Waals surface area contributed by atoms with Gasteiger partial charge in [0.15, 0.2) is 0 Å². The molecular weight excluding hydrogens is 422 g/mol. The first kappa shape index (κ1) is 20.7. The van der Waals surface area contributed by atoms with E-state index < -0.39 is 11.2 Å². The molecule has 0 unspecified atom stereocenters. The first-order valence-electron chi connectivity index (χ1n) is 9.65. The van der Waals surface area contributed by atoms with Crippen molar-refractivity contribution in [3.63, 3.8) is 0 Å². The molecule has 0 radical (unpaired) electrons. The number of fused-ring (bicyclic) bond motifs is 1. The van der Waals surface area contributed by atoms with Crippen LogP contribution in [-0.4, -0.2) is 28.1 Å². The Morgan fingerprint density at radius 3 is 2.65 bits per heavy atom. The second kappa shape index (κ2) is 9.09. The number of anilines is 1. The van der Waals surface area contributed by atoms with Gasteiger partial charge in [-0.3, -0.25) is 14.6 Å². The summed E-state index contributed by atoms with van der Waals surface area (Å²) in [6, 6.07) is 11.1. The monoisotopic (exact) mass is 441 g/mol. The molecule has 160 valence electrons. The van der Waals surface area contributed by atoms with E-state index in [1.807, 2.05) is 24.3 Å². The fourth-order valence-electron chi connectivity index (χ4n) is 3.30. The van der Waals surface area contributed by atoms with E-state index in [1.54, 1.807) is 24.5 Å². The predicted molar refractivity (Wildman–Crippen MR) is 113 cm³/mol. The fourth-order valence-corrected chi connectivity index (χ4v) is 4.25. The third kappa shape index (κ3) is 5.34. The van der Waals surface area contributed by atoms with E-state index in [4.69, 9.17) is 4.74 Å². The van der Waals surface area contributed by atoms with Crippen LogP contribution in [-0.2, 0) is 32.2 Å². The van der Waals surface area contributed by atoms with Crippen LogP contribution < -0.4 is 5.32 Å². The summed E-state index contributed by atoms with van der Waals surface area (Å²) in [6.07, 6.45) is 3.78. The van der Waals surface area contributed by atoms with Gasteiger partial charge in [0.2, 0.25) is 5.91 Å². The van der Waals surface area contributed by atoms with Crippen LogP contribution in [0.4, 0.5) is 5.00 Å². The molecule has 2 aromatic heterocycles. The van der Waals surface area contributed by atoms with Crippen LogP contribution in [0.15, 0.2) is 48.8 Å². The number of nitrogens with zero attached hydrogens (tertiary/aromatic N) is 2. The van der Waals surface area contributed by atoms with Crippen molar-refractivity contribution in [1.82, 2.24) is 4.98 Å². The summed E-state index contributed by atoms with van der Waals surface area (Å²) in [5.74, 6) is -0.863. The Morgan fingerprint density at radius 1 is 1.19 bits per heavy atom. The van der Waals surface area contributed by atoms with Gasteiger partial charge >= 0.3 is 5.97 Å². The zero-order chi connectivity index (χ0) is 21.8. The molecule has 4 rings (SSSR count). The number of amides is 1. The third-order valence-electron chi connectivity index (χ3n) is 5.02. The molecule has 1 aromatic carbocycles. The third-order valence-corrected chi connectivity index (χ3v) is 6.02. The summed E-state index contributed by atoms with van der Waals surface area (Å²) < 4.78 is 6.28. The lowest BCUT2D eigenvalue weighted by atomic mass is 9.82. The maximum atomic E-state index is 12.3. The lowest BCUT2D eigenvalue weighted by molar-refractivity contribution is -0.772. The highest BCUT2D eigenvalue weighted by Crippen LogP contribution is 2.31. The van der Waals surface area contributed by atoms with Gasteiger partial charge in [-0.15, -0.1) is 21.5 Å². The van der Waals surface area contributed by atoms with Gasteiger partial charge in [0.1, 0.15) is 12.7 Å². The van der Waals surface area contributed by atoms with E-state index in [-0.39, 0.29) is 30.8 Å². The number of nitrogens with one attached hydrogen (secondary N) is 1. The summed E-state index contributed by atoms with van der Waals surface area (Å²) in [5.41, 5.74) is 1.64. The van der Waals surface area contributed by atoms with Crippen LogP contribution in [0.1, 0.15) is 24.0 Å². The number of thiophene rings is 1. The Hall–Kier alpha value is -3.53. The highest BCUT2D eigenvalue weighted by Gasteiger charge is 2.38. The smallest absolute Gasteiger partial charge is 0.309 e. The molecule has 1 aliphatic carbocycles. The van der Waals surface area contributed by atoms with E-state index in [1.165, 1.54) is 11.3 Å². The number of hydrogen-bond donors (Lipinski definition) is 1. The number of hydrogen-bond acceptors (Lipinski definition) is 8. The molecule has 0 bridgehead atoms. The molecule has 0 atom stereocenters. The number of carbonyl (C=O) groups is 2. The Labute approximate surface area is 181 Å². The first-order chi connectivity index (χ1) is 15.0. The van der Waals surface area contributed by atoms with Gasteiger partial charge in [-0.25, -0.2) is 0 Å². The van der Waals surface area contributed by atoms with Gasteiger partial charge in [0, 0.05) is 12.4 Å². The summed E-state index contributed by atoms with van der Waals surface area (Å²) in [7, 11) is 0. The zero-order valence-electron chi connectivity index (χ0n) is 16.4. The number of benzene rings is 1. The number of rotatable bonds is 8. The van der Waals surface area contributed by atoms with E-state index in [9.17, 15) is 19.7 Å². The minimum Gasteiger partial charge on any atom is -0.461 e. The van der Waals surface area contributed by atoms with Gasteiger partial charge in [0.05, 0.1) is 22.0 Å². The van der Waals surface area contributed by atoms with Crippen molar-refractivity contribution in [1.29, 1.82) is 0 Å². The SMILES string of the molecule is O=C(Cc1ccc(COC(=O)C2CC(O[N+](=O)[O-])C2)cc1)Nc1cc2ccncc2s1. The maximum Gasteiger partial charge on any atom is 0.309 e. The molecular formula is C21H19N3O6S. The molecule has 0 saturated heterocycles. The van der Waals surface area contributed by atoms with Crippen molar-refractivity contribution in [3.05, 3.63) is 70.0 Å². The molecule has 1 aliphatic rings. The molecule has 1 fully saturated rings. The summed E-state index contributed by atoms with van der Waals surface area (Å²) in [6.45, 7) is 0.110. The Kier molecular flexibility index (Phi) is 6.08. The quantitative estimate of drug-likeness (QED) is 0.323. The normalized spacial score (nSPS) is 17.5. The molecule has 0 spiro atoms.